The van der Waals surface area contributed by atoms with Crippen LogP contribution in [0, 0.1) is 0 Å². The summed E-state index contributed by atoms with van der Waals surface area (Å²) in [5.41, 5.74) is 0.657. The second-order valence-electron chi connectivity index (χ2n) is 7.96. The number of ether oxygens (including phenoxy) is 2. The zero-order valence-corrected chi connectivity index (χ0v) is 20.8. The molecule has 4 rings (SSSR count). The summed E-state index contributed by atoms with van der Waals surface area (Å²) >= 11 is 6.01. The average Bonchev–Trinajstić information content (AvgIpc) is 2.86. The number of halogens is 1. The molecule has 1 N–H and O–H groups in total. The topological polar surface area (TPSA) is 88.2 Å². The molecule has 1 saturated heterocycles. The van der Waals surface area contributed by atoms with E-state index in [4.69, 9.17) is 21.1 Å². The minimum Gasteiger partial charge on any atom is -0.495 e. The summed E-state index contributed by atoms with van der Waals surface area (Å²) in [6.07, 6.45) is 0. The van der Waals surface area contributed by atoms with Crippen LogP contribution in [0.15, 0.2) is 77.7 Å². The van der Waals surface area contributed by atoms with E-state index in [0.29, 0.717) is 29.5 Å². The third kappa shape index (κ3) is 6.32. The second-order valence-corrected chi connectivity index (χ2v) is 10.3. The molecule has 1 fully saturated rings. The number of nitrogens with one attached hydrogen (secondary N) is 1. The maximum Gasteiger partial charge on any atom is 0.246 e. The minimum atomic E-state index is -3.77. The molecule has 0 aliphatic carbocycles. The number of benzene rings is 3. The molecule has 0 aromatic heterocycles. The predicted molar refractivity (Wildman–Crippen MR) is 135 cm³/mol. The van der Waals surface area contributed by atoms with Crippen LogP contribution >= 0.6 is 11.6 Å². The minimum absolute atomic E-state index is 0.0402. The predicted octanol–water partition coefficient (Wildman–Crippen LogP) is 4.09. The molecule has 3 aromatic carbocycles. The lowest BCUT2D eigenvalue weighted by Gasteiger charge is -2.33. The van der Waals surface area contributed by atoms with E-state index >= 15 is 0 Å². The highest BCUT2D eigenvalue weighted by molar-refractivity contribution is 7.89. The Labute approximate surface area is 210 Å². The Morgan fingerprint density at radius 3 is 2.26 bits per heavy atom. The summed E-state index contributed by atoms with van der Waals surface area (Å²) in [5, 5.41) is 3.19. The van der Waals surface area contributed by atoms with Crippen molar-refractivity contribution in [3.63, 3.8) is 0 Å². The molecule has 0 spiro atoms. The normalized spacial score (nSPS) is 14.9. The molecular formula is C25H26ClN3O5S. The molecule has 0 atom stereocenters. The highest BCUT2D eigenvalue weighted by Gasteiger charge is 2.31. The molecule has 0 saturated carbocycles. The first-order chi connectivity index (χ1) is 16.8. The van der Waals surface area contributed by atoms with Gasteiger partial charge in [0.05, 0.1) is 13.7 Å². The highest BCUT2D eigenvalue weighted by atomic mass is 35.5. The number of anilines is 1. The van der Waals surface area contributed by atoms with E-state index in [-0.39, 0.29) is 36.2 Å². The summed E-state index contributed by atoms with van der Waals surface area (Å²) < 4.78 is 38.6. The Kier molecular flexibility index (Phi) is 7.92. The Hall–Kier alpha value is -3.11. The van der Waals surface area contributed by atoms with Gasteiger partial charge in [-0.25, -0.2) is 8.42 Å². The van der Waals surface area contributed by atoms with Crippen molar-refractivity contribution in [1.82, 2.24) is 9.21 Å². The second kappa shape index (κ2) is 11.1. The number of carbonyl (C=O) groups is 1. The summed E-state index contributed by atoms with van der Waals surface area (Å²) in [7, 11) is -2.35. The van der Waals surface area contributed by atoms with Gasteiger partial charge in [0, 0.05) is 36.9 Å². The van der Waals surface area contributed by atoms with E-state index in [1.54, 1.807) is 30.3 Å². The van der Waals surface area contributed by atoms with Crippen molar-refractivity contribution in [3.8, 4) is 17.2 Å². The number of carbonyl (C=O) groups excluding carboxylic acids is 1. The summed E-state index contributed by atoms with van der Waals surface area (Å²) in [6.45, 7) is 1.54. The number of methoxy groups -OCH3 is 1. The molecule has 1 aliphatic rings. The Bertz CT molecular complexity index is 1260. The quantitative estimate of drug-likeness (QED) is 0.486. The Morgan fingerprint density at radius 2 is 1.60 bits per heavy atom. The average molecular weight is 516 g/mol. The lowest BCUT2D eigenvalue weighted by molar-refractivity contribution is -0.117. The monoisotopic (exact) mass is 515 g/mol. The number of hydrogen-bond acceptors (Lipinski definition) is 6. The number of amides is 1. The Morgan fingerprint density at radius 1 is 0.943 bits per heavy atom. The lowest BCUT2D eigenvalue weighted by atomic mass is 10.3. The fourth-order valence-corrected chi connectivity index (χ4v) is 5.59. The Balaban J connectivity index is 1.29. The first kappa shape index (κ1) is 25.0. The van der Waals surface area contributed by atoms with Crippen LogP contribution in [0.25, 0.3) is 0 Å². The molecule has 10 heteroatoms. The fraction of sp³-hybridized carbons (Fsp3) is 0.240. The summed E-state index contributed by atoms with van der Waals surface area (Å²) in [6, 6.07) is 21.1. The van der Waals surface area contributed by atoms with Crippen molar-refractivity contribution in [2.45, 2.75) is 4.90 Å². The van der Waals surface area contributed by atoms with Gasteiger partial charge in [0.25, 0.3) is 0 Å². The van der Waals surface area contributed by atoms with Crippen LogP contribution in [-0.2, 0) is 14.8 Å². The van der Waals surface area contributed by atoms with Gasteiger partial charge in [-0.05, 0) is 54.6 Å². The van der Waals surface area contributed by atoms with Crippen LogP contribution in [0.3, 0.4) is 0 Å². The van der Waals surface area contributed by atoms with Gasteiger partial charge < -0.3 is 14.8 Å². The third-order valence-corrected chi connectivity index (χ3v) is 7.71. The summed E-state index contributed by atoms with van der Waals surface area (Å²) in [5.74, 6) is 1.48. The van der Waals surface area contributed by atoms with Crippen LogP contribution in [0.4, 0.5) is 5.69 Å². The van der Waals surface area contributed by atoms with Crippen LogP contribution in [-0.4, -0.2) is 63.4 Å². The van der Waals surface area contributed by atoms with E-state index in [1.165, 1.54) is 23.5 Å². The molecule has 0 unspecified atom stereocenters. The lowest BCUT2D eigenvalue weighted by Crippen LogP contribution is -2.50. The molecule has 184 valence electrons. The highest BCUT2D eigenvalue weighted by Crippen LogP contribution is 2.30. The number of rotatable bonds is 8. The molecule has 0 radical (unpaired) electrons. The first-order valence-corrected chi connectivity index (χ1v) is 12.9. The van der Waals surface area contributed by atoms with Gasteiger partial charge in [-0.1, -0.05) is 29.8 Å². The first-order valence-electron chi connectivity index (χ1n) is 11.0. The van der Waals surface area contributed by atoms with Crippen molar-refractivity contribution in [1.29, 1.82) is 0 Å². The summed E-state index contributed by atoms with van der Waals surface area (Å²) in [4.78, 5) is 14.5. The number of nitrogens with zero attached hydrogens (tertiary/aromatic N) is 2. The fourth-order valence-electron chi connectivity index (χ4n) is 3.75. The molecule has 35 heavy (non-hydrogen) atoms. The van der Waals surface area contributed by atoms with E-state index < -0.39 is 10.0 Å². The smallest absolute Gasteiger partial charge is 0.246 e. The number of para-hydroxylation sites is 1. The third-order valence-electron chi connectivity index (χ3n) is 5.56. The zero-order valence-electron chi connectivity index (χ0n) is 19.2. The van der Waals surface area contributed by atoms with Gasteiger partial charge in [-0.15, -0.1) is 0 Å². The van der Waals surface area contributed by atoms with Gasteiger partial charge in [-0.2, -0.15) is 4.31 Å². The van der Waals surface area contributed by atoms with E-state index in [9.17, 15) is 13.2 Å². The molecule has 1 amide bonds. The molecule has 1 heterocycles. The van der Waals surface area contributed by atoms with Crippen molar-refractivity contribution >= 4 is 33.2 Å². The SMILES string of the molecule is COc1ccc(Cl)cc1S(=O)(=O)N1CCN(CC(=O)Nc2ccc(Oc3ccccc3)cc2)CC1. The van der Waals surface area contributed by atoms with E-state index in [2.05, 4.69) is 5.32 Å². The number of hydrogen-bond donors (Lipinski definition) is 1. The van der Waals surface area contributed by atoms with Crippen molar-refractivity contribution in [3.05, 3.63) is 77.8 Å². The van der Waals surface area contributed by atoms with Crippen LogP contribution in [0.1, 0.15) is 0 Å². The van der Waals surface area contributed by atoms with Crippen molar-refractivity contribution in [2.75, 3.05) is 45.2 Å². The van der Waals surface area contributed by atoms with Gasteiger partial charge in [0.2, 0.25) is 15.9 Å². The van der Waals surface area contributed by atoms with Gasteiger partial charge in [0.15, 0.2) is 0 Å². The maximum absolute atomic E-state index is 13.1. The molecule has 3 aromatic rings. The van der Waals surface area contributed by atoms with E-state index in [1.807, 2.05) is 35.2 Å². The van der Waals surface area contributed by atoms with Gasteiger partial charge in [0.1, 0.15) is 22.1 Å². The largest absolute Gasteiger partial charge is 0.495 e. The maximum atomic E-state index is 13.1. The molecule has 1 aliphatic heterocycles. The van der Waals surface area contributed by atoms with Crippen molar-refractivity contribution in [2.24, 2.45) is 0 Å². The molecule has 8 nitrogen and oxygen atoms in total. The molecular weight excluding hydrogens is 490 g/mol. The zero-order chi connectivity index (χ0) is 24.8. The number of piperazine rings is 1. The van der Waals surface area contributed by atoms with E-state index in [0.717, 1.165) is 5.75 Å². The standard InChI is InChI=1S/C25H26ClN3O5S/c1-33-23-12-7-19(26)17-24(23)35(31,32)29-15-13-28(14-16-29)18-25(30)27-20-8-10-22(11-9-20)34-21-5-3-2-4-6-21/h2-12,17H,13-16,18H2,1H3,(H,27,30). The van der Waals surface area contributed by atoms with Crippen molar-refractivity contribution < 1.29 is 22.7 Å². The van der Waals surface area contributed by atoms with Gasteiger partial charge in [-0.3, -0.25) is 9.69 Å². The number of sulfonamides is 1. The van der Waals surface area contributed by atoms with Gasteiger partial charge >= 0.3 is 0 Å². The van der Waals surface area contributed by atoms with Crippen LogP contribution in [0.2, 0.25) is 5.02 Å². The molecule has 0 bridgehead atoms. The van der Waals surface area contributed by atoms with Crippen LogP contribution in [0.5, 0.6) is 17.2 Å². The van der Waals surface area contributed by atoms with Crippen LogP contribution < -0.4 is 14.8 Å².